The summed E-state index contributed by atoms with van der Waals surface area (Å²) in [6.45, 7) is 0.671. The molecule has 1 fully saturated rings. The van der Waals surface area contributed by atoms with E-state index < -0.39 is 0 Å². The van der Waals surface area contributed by atoms with E-state index in [0.717, 1.165) is 17.3 Å². The molecule has 0 saturated heterocycles. The van der Waals surface area contributed by atoms with Crippen LogP contribution in [-0.2, 0) is 0 Å². The van der Waals surface area contributed by atoms with E-state index in [1.165, 1.54) is 12.8 Å². The SMILES string of the molecule is CN(C)C1(CNC(=O)c2cc(Br)ccc2N)CCCC1. The van der Waals surface area contributed by atoms with Crippen molar-refractivity contribution < 1.29 is 4.79 Å². The minimum absolute atomic E-state index is 0.0937. The van der Waals surface area contributed by atoms with Crippen LogP contribution in [0.4, 0.5) is 5.69 Å². The van der Waals surface area contributed by atoms with Crippen LogP contribution in [0.1, 0.15) is 36.0 Å². The van der Waals surface area contributed by atoms with Crippen molar-refractivity contribution in [2.45, 2.75) is 31.2 Å². The lowest BCUT2D eigenvalue weighted by atomic mass is 9.96. The first-order chi connectivity index (χ1) is 9.44. The number of nitrogens with two attached hydrogens (primary N) is 1. The average Bonchev–Trinajstić information content (AvgIpc) is 2.89. The molecule has 2 rings (SSSR count). The molecule has 1 amide bonds. The molecular formula is C15H22BrN3O. The Morgan fingerprint density at radius 1 is 1.40 bits per heavy atom. The summed E-state index contributed by atoms with van der Waals surface area (Å²) >= 11 is 3.37. The van der Waals surface area contributed by atoms with Gasteiger partial charge in [-0.3, -0.25) is 4.79 Å². The lowest BCUT2D eigenvalue weighted by Crippen LogP contribution is -2.50. The molecule has 0 aliphatic heterocycles. The Kier molecular flexibility index (Phi) is 4.70. The molecular weight excluding hydrogens is 318 g/mol. The third kappa shape index (κ3) is 3.15. The van der Waals surface area contributed by atoms with Crippen LogP contribution < -0.4 is 11.1 Å². The summed E-state index contributed by atoms with van der Waals surface area (Å²) in [5.74, 6) is -0.100. The minimum atomic E-state index is -0.100. The Labute approximate surface area is 128 Å². The van der Waals surface area contributed by atoms with Crippen LogP contribution in [0.25, 0.3) is 0 Å². The van der Waals surface area contributed by atoms with Crippen molar-refractivity contribution in [2.75, 3.05) is 26.4 Å². The van der Waals surface area contributed by atoms with E-state index in [9.17, 15) is 4.79 Å². The van der Waals surface area contributed by atoms with E-state index in [2.05, 4.69) is 40.2 Å². The predicted molar refractivity (Wildman–Crippen MR) is 85.8 cm³/mol. The van der Waals surface area contributed by atoms with E-state index in [1.54, 1.807) is 12.1 Å². The molecule has 0 unspecified atom stereocenters. The first kappa shape index (κ1) is 15.3. The van der Waals surface area contributed by atoms with Crippen molar-refractivity contribution in [3.8, 4) is 0 Å². The number of carbonyl (C=O) groups excluding carboxylic acids is 1. The summed E-state index contributed by atoms with van der Waals surface area (Å²) in [6, 6.07) is 5.35. The lowest BCUT2D eigenvalue weighted by Gasteiger charge is -2.36. The van der Waals surface area contributed by atoms with Gasteiger partial charge in [0.25, 0.3) is 5.91 Å². The lowest BCUT2D eigenvalue weighted by molar-refractivity contribution is 0.0901. The summed E-state index contributed by atoms with van der Waals surface area (Å²) in [5, 5.41) is 3.05. The highest BCUT2D eigenvalue weighted by Crippen LogP contribution is 2.33. The van der Waals surface area contributed by atoms with E-state index >= 15 is 0 Å². The normalized spacial score (nSPS) is 17.4. The summed E-state index contributed by atoms with van der Waals surface area (Å²) < 4.78 is 0.861. The van der Waals surface area contributed by atoms with Crippen LogP contribution in [0, 0.1) is 0 Å². The zero-order valence-corrected chi connectivity index (χ0v) is 13.7. The van der Waals surface area contributed by atoms with Gasteiger partial charge < -0.3 is 16.0 Å². The second kappa shape index (κ2) is 6.14. The van der Waals surface area contributed by atoms with Crippen LogP contribution in [0.5, 0.6) is 0 Å². The second-order valence-electron chi connectivity index (χ2n) is 5.74. The van der Waals surface area contributed by atoms with Crippen LogP contribution in [0.3, 0.4) is 0 Å². The molecule has 0 bridgehead atoms. The molecule has 0 spiro atoms. The Bertz CT molecular complexity index is 496. The van der Waals surface area contributed by atoms with Crippen molar-refractivity contribution in [2.24, 2.45) is 0 Å². The topological polar surface area (TPSA) is 58.4 Å². The molecule has 0 radical (unpaired) electrons. The highest BCUT2D eigenvalue weighted by atomic mass is 79.9. The third-order valence-electron chi connectivity index (χ3n) is 4.32. The Morgan fingerprint density at radius 3 is 2.65 bits per heavy atom. The van der Waals surface area contributed by atoms with E-state index in [1.807, 2.05) is 6.07 Å². The highest BCUT2D eigenvalue weighted by Gasteiger charge is 2.36. The van der Waals surface area contributed by atoms with Gasteiger partial charge in [-0.05, 0) is 45.1 Å². The van der Waals surface area contributed by atoms with Gasteiger partial charge in [-0.25, -0.2) is 0 Å². The van der Waals surface area contributed by atoms with Crippen molar-refractivity contribution in [1.82, 2.24) is 10.2 Å². The number of rotatable bonds is 4. The molecule has 1 aromatic rings. The predicted octanol–water partition coefficient (Wildman–Crippen LogP) is 2.64. The fourth-order valence-corrected chi connectivity index (χ4v) is 3.24. The fourth-order valence-electron chi connectivity index (χ4n) is 2.88. The van der Waals surface area contributed by atoms with Gasteiger partial charge in [0.2, 0.25) is 0 Å². The van der Waals surface area contributed by atoms with E-state index in [-0.39, 0.29) is 11.4 Å². The number of anilines is 1. The first-order valence-corrected chi connectivity index (χ1v) is 7.75. The van der Waals surface area contributed by atoms with E-state index in [0.29, 0.717) is 17.8 Å². The molecule has 5 heteroatoms. The van der Waals surface area contributed by atoms with Crippen LogP contribution >= 0.6 is 15.9 Å². The number of amides is 1. The average molecular weight is 340 g/mol. The molecule has 0 aromatic heterocycles. The fraction of sp³-hybridized carbons (Fsp3) is 0.533. The van der Waals surface area contributed by atoms with Gasteiger partial charge in [-0.1, -0.05) is 28.8 Å². The van der Waals surface area contributed by atoms with Gasteiger partial charge in [0, 0.05) is 22.2 Å². The molecule has 110 valence electrons. The molecule has 1 saturated carbocycles. The van der Waals surface area contributed by atoms with Crippen molar-refractivity contribution >= 4 is 27.5 Å². The number of likely N-dealkylation sites (N-methyl/N-ethyl adjacent to an activating group) is 1. The van der Waals surface area contributed by atoms with Gasteiger partial charge in [0.1, 0.15) is 0 Å². The number of benzene rings is 1. The summed E-state index contributed by atoms with van der Waals surface area (Å²) in [7, 11) is 4.18. The van der Waals surface area contributed by atoms with Crippen LogP contribution in [-0.4, -0.2) is 37.0 Å². The van der Waals surface area contributed by atoms with Crippen molar-refractivity contribution in [3.63, 3.8) is 0 Å². The maximum atomic E-state index is 12.3. The largest absolute Gasteiger partial charge is 0.398 e. The molecule has 4 nitrogen and oxygen atoms in total. The molecule has 3 N–H and O–H groups in total. The minimum Gasteiger partial charge on any atom is -0.398 e. The molecule has 1 aliphatic carbocycles. The Balaban J connectivity index is 2.06. The molecule has 0 atom stereocenters. The Hall–Kier alpha value is -1.07. The molecule has 0 heterocycles. The van der Waals surface area contributed by atoms with E-state index in [4.69, 9.17) is 5.73 Å². The van der Waals surface area contributed by atoms with Gasteiger partial charge in [-0.2, -0.15) is 0 Å². The zero-order valence-electron chi connectivity index (χ0n) is 12.1. The van der Waals surface area contributed by atoms with Crippen LogP contribution in [0.2, 0.25) is 0 Å². The quantitative estimate of drug-likeness (QED) is 0.829. The maximum Gasteiger partial charge on any atom is 0.253 e. The number of carbonyl (C=O) groups is 1. The van der Waals surface area contributed by atoms with Crippen LogP contribution in [0.15, 0.2) is 22.7 Å². The van der Waals surface area contributed by atoms with Gasteiger partial charge in [0.15, 0.2) is 0 Å². The number of nitrogens with one attached hydrogen (secondary N) is 1. The monoisotopic (exact) mass is 339 g/mol. The van der Waals surface area contributed by atoms with Gasteiger partial charge in [-0.15, -0.1) is 0 Å². The molecule has 1 aromatic carbocycles. The number of halogens is 1. The molecule has 1 aliphatic rings. The third-order valence-corrected chi connectivity index (χ3v) is 4.81. The Morgan fingerprint density at radius 2 is 2.05 bits per heavy atom. The smallest absolute Gasteiger partial charge is 0.253 e. The highest BCUT2D eigenvalue weighted by molar-refractivity contribution is 9.10. The number of hydrogen-bond acceptors (Lipinski definition) is 3. The maximum absolute atomic E-state index is 12.3. The molecule has 20 heavy (non-hydrogen) atoms. The van der Waals surface area contributed by atoms with Gasteiger partial charge in [0.05, 0.1) is 5.56 Å². The zero-order chi connectivity index (χ0) is 14.8. The summed E-state index contributed by atoms with van der Waals surface area (Å²) in [4.78, 5) is 14.5. The summed E-state index contributed by atoms with van der Waals surface area (Å²) in [6.07, 6.45) is 4.72. The van der Waals surface area contributed by atoms with Gasteiger partial charge >= 0.3 is 0 Å². The van der Waals surface area contributed by atoms with Crippen molar-refractivity contribution in [1.29, 1.82) is 0 Å². The second-order valence-corrected chi connectivity index (χ2v) is 6.66. The number of nitrogens with zero attached hydrogens (tertiary/aromatic N) is 1. The number of hydrogen-bond donors (Lipinski definition) is 2. The standard InChI is InChI=1S/C15H22BrN3O/c1-19(2)15(7-3-4-8-15)10-18-14(20)12-9-11(16)5-6-13(12)17/h5-6,9H,3-4,7-8,10,17H2,1-2H3,(H,18,20). The summed E-state index contributed by atoms with van der Waals surface area (Å²) in [5.41, 5.74) is 7.01. The number of nitrogen functional groups attached to an aromatic ring is 1. The van der Waals surface area contributed by atoms with Crippen molar-refractivity contribution in [3.05, 3.63) is 28.2 Å². The first-order valence-electron chi connectivity index (χ1n) is 6.95.